The molecule has 0 aromatic rings. The number of piperidine rings is 1. The van der Waals surface area contributed by atoms with Crippen LogP contribution in [0.3, 0.4) is 0 Å². The molecule has 108 valence electrons. The van der Waals surface area contributed by atoms with Crippen LogP contribution in [-0.2, 0) is 9.59 Å². The van der Waals surface area contributed by atoms with Crippen LogP contribution in [-0.4, -0.2) is 58.3 Å². The maximum Gasteiger partial charge on any atom is 0.326 e. The van der Waals surface area contributed by atoms with Gasteiger partial charge in [-0.3, -0.25) is 4.79 Å². The number of aliphatic hydroxyl groups excluding tert-OH is 1. The Labute approximate surface area is 112 Å². The fraction of sp³-hybridized carbons (Fsp3) is 0.846. The molecular weight excluding hydrogens is 248 g/mol. The molecule has 0 aliphatic carbocycles. The number of aliphatic carboxylic acids is 1. The number of rotatable bonds is 3. The highest BCUT2D eigenvalue weighted by Crippen LogP contribution is 2.24. The molecule has 1 amide bonds. The number of carboxylic acids is 1. The zero-order valence-electron chi connectivity index (χ0n) is 11.2. The Bertz CT molecular complexity index is 361. The van der Waals surface area contributed by atoms with Crippen LogP contribution in [0.15, 0.2) is 0 Å². The molecule has 0 bridgehead atoms. The topological polar surface area (TPSA) is 89.9 Å². The summed E-state index contributed by atoms with van der Waals surface area (Å²) in [5.41, 5.74) is 0. The van der Waals surface area contributed by atoms with E-state index in [1.165, 1.54) is 4.90 Å². The number of hydrogen-bond donors (Lipinski definition) is 3. The van der Waals surface area contributed by atoms with Crippen molar-refractivity contribution in [2.24, 2.45) is 5.92 Å². The van der Waals surface area contributed by atoms with E-state index in [0.717, 1.165) is 25.8 Å². The van der Waals surface area contributed by atoms with E-state index in [4.69, 9.17) is 5.11 Å². The minimum atomic E-state index is -1.03. The second kappa shape index (κ2) is 5.88. The lowest BCUT2D eigenvalue weighted by Crippen LogP contribution is -2.53. The molecular formula is C13H22N2O4. The maximum atomic E-state index is 12.4. The number of carbonyl (C=O) groups is 2. The highest BCUT2D eigenvalue weighted by molar-refractivity contribution is 5.87. The molecule has 6 nitrogen and oxygen atoms in total. The van der Waals surface area contributed by atoms with Crippen molar-refractivity contribution in [3.8, 4) is 0 Å². The van der Waals surface area contributed by atoms with E-state index in [1.54, 1.807) is 0 Å². The van der Waals surface area contributed by atoms with Crippen LogP contribution in [0.5, 0.6) is 0 Å². The van der Waals surface area contributed by atoms with Crippen LogP contribution >= 0.6 is 0 Å². The number of nitrogens with zero attached hydrogens (tertiary/aromatic N) is 1. The van der Waals surface area contributed by atoms with Crippen LogP contribution < -0.4 is 5.32 Å². The summed E-state index contributed by atoms with van der Waals surface area (Å²) in [4.78, 5) is 24.9. The lowest BCUT2D eigenvalue weighted by atomic mass is 9.90. The summed E-state index contributed by atoms with van der Waals surface area (Å²) in [6.45, 7) is 3.03. The predicted molar refractivity (Wildman–Crippen MR) is 68.6 cm³/mol. The number of β-amino-alcohol motifs (C(OH)–C–C–N with tert-alkyl or cyclic N) is 1. The van der Waals surface area contributed by atoms with Gasteiger partial charge in [0.1, 0.15) is 6.04 Å². The van der Waals surface area contributed by atoms with Gasteiger partial charge in [0.15, 0.2) is 0 Å². The molecule has 0 aromatic heterocycles. The van der Waals surface area contributed by atoms with E-state index in [2.05, 4.69) is 12.2 Å². The largest absolute Gasteiger partial charge is 0.480 e. The Kier molecular flexibility index (Phi) is 4.42. The molecule has 0 aromatic carbocycles. The fourth-order valence-corrected chi connectivity index (χ4v) is 3.05. The Morgan fingerprint density at radius 2 is 2.11 bits per heavy atom. The van der Waals surface area contributed by atoms with E-state index in [1.807, 2.05) is 0 Å². The highest BCUT2D eigenvalue weighted by atomic mass is 16.4. The normalized spacial score (nSPS) is 35.4. The average molecular weight is 270 g/mol. The summed E-state index contributed by atoms with van der Waals surface area (Å²) >= 11 is 0. The van der Waals surface area contributed by atoms with Crippen molar-refractivity contribution >= 4 is 11.9 Å². The third-order valence-electron chi connectivity index (χ3n) is 4.23. The first-order valence-electron chi connectivity index (χ1n) is 6.97. The number of hydrogen-bond acceptors (Lipinski definition) is 4. The predicted octanol–water partition coefficient (Wildman–Crippen LogP) is -0.189. The lowest BCUT2D eigenvalue weighted by molar-refractivity contribution is -0.149. The molecule has 3 N–H and O–H groups in total. The zero-order valence-corrected chi connectivity index (χ0v) is 11.2. The molecule has 2 unspecified atom stereocenters. The van der Waals surface area contributed by atoms with Gasteiger partial charge >= 0.3 is 5.97 Å². The van der Waals surface area contributed by atoms with Crippen LogP contribution in [0, 0.1) is 5.92 Å². The van der Waals surface area contributed by atoms with Gasteiger partial charge in [-0.15, -0.1) is 0 Å². The Balaban J connectivity index is 2.03. The molecule has 2 heterocycles. The van der Waals surface area contributed by atoms with Gasteiger partial charge in [-0.05, 0) is 25.3 Å². The number of carboxylic acid groups (broad SMARTS) is 1. The van der Waals surface area contributed by atoms with Gasteiger partial charge in [-0.25, -0.2) is 4.79 Å². The van der Waals surface area contributed by atoms with Crippen LogP contribution in [0.2, 0.25) is 0 Å². The minimum Gasteiger partial charge on any atom is -0.480 e. The summed E-state index contributed by atoms with van der Waals surface area (Å²) in [6, 6.07) is -1.18. The van der Waals surface area contributed by atoms with Crippen molar-refractivity contribution in [2.75, 3.05) is 13.1 Å². The van der Waals surface area contributed by atoms with Crippen LogP contribution in [0.4, 0.5) is 0 Å². The van der Waals surface area contributed by atoms with Gasteiger partial charge in [0.05, 0.1) is 12.1 Å². The summed E-state index contributed by atoms with van der Waals surface area (Å²) in [5, 5.41) is 21.9. The van der Waals surface area contributed by atoms with Gasteiger partial charge in [-0.1, -0.05) is 13.3 Å². The van der Waals surface area contributed by atoms with Crippen molar-refractivity contribution in [3.05, 3.63) is 0 Å². The molecule has 2 saturated heterocycles. The van der Waals surface area contributed by atoms with Gasteiger partial charge in [0, 0.05) is 13.0 Å². The molecule has 0 spiro atoms. The fourth-order valence-electron chi connectivity index (χ4n) is 3.05. The van der Waals surface area contributed by atoms with E-state index in [9.17, 15) is 14.7 Å². The second-order valence-corrected chi connectivity index (χ2v) is 5.54. The molecule has 2 aliphatic rings. The number of carbonyl (C=O) groups excluding carboxylic acids is 1. The molecule has 6 heteroatoms. The number of aliphatic hydroxyl groups is 1. The zero-order chi connectivity index (χ0) is 14.0. The monoisotopic (exact) mass is 270 g/mol. The minimum absolute atomic E-state index is 0.130. The Hall–Kier alpha value is -1.14. The molecule has 0 saturated carbocycles. The molecule has 2 fully saturated rings. The van der Waals surface area contributed by atoms with E-state index < -0.39 is 18.1 Å². The van der Waals surface area contributed by atoms with Gasteiger partial charge < -0.3 is 20.4 Å². The summed E-state index contributed by atoms with van der Waals surface area (Å²) in [6.07, 6.45) is 2.26. The molecule has 19 heavy (non-hydrogen) atoms. The Morgan fingerprint density at radius 1 is 1.37 bits per heavy atom. The van der Waals surface area contributed by atoms with Gasteiger partial charge in [-0.2, -0.15) is 0 Å². The summed E-state index contributed by atoms with van der Waals surface area (Å²) in [7, 11) is 0. The Morgan fingerprint density at radius 3 is 2.74 bits per heavy atom. The lowest BCUT2D eigenvalue weighted by Gasteiger charge is -2.33. The second-order valence-electron chi connectivity index (χ2n) is 5.54. The van der Waals surface area contributed by atoms with Crippen molar-refractivity contribution < 1.29 is 19.8 Å². The number of likely N-dealkylation sites (tertiary alicyclic amines) is 1. The third-order valence-corrected chi connectivity index (χ3v) is 4.23. The third kappa shape index (κ3) is 3.06. The van der Waals surface area contributed by atoms with Gasteiger partial charge in [0.2, 0.25) is 5.91 Å². The first-order chi connectivity index (χ1) is 9.02. The first kappa shape index (κ1) is 14.3. The van der Waals surface area contributed by atoms with Crippen LogP contribution in [0.1, 0.15) is 32.6 Å². The van der Waals surface area contributed by atoms with Gasteiger partial charge in [0.25, 0.3) is 0 Å². The van der Waals surface area contributed by atoms with Crippen LogP contribution in [0.25, 0.3) is 0 Å². The molecule has 4 atom stereocenters. The van der Waals surface area contributed by atoms with E-state index >= 15 is 0 Å². The quantitative estimate of drug-likeness (QED) is 0.661. The molecule has 0 radical (unpaired) electrons. The van der Waals surface area contributed by atoms with Crippen molar-refractivity contribution in [2.45, 2.75) is 50.8 Å². The first-order valence-corrected chi connectivity index (χ1v) is 6.97. The van der Waals surface area contributed by atoms with Crippen molar-refractivity contribution in [1.82, 2.24) is 10.2 Å². The molecule has 2 aliphatic heterocycles. The molecule has 2 rings (SSSR count). The number of amides is 1. The summed E-state index contributed by atoms with van der Waals surface area (Å²) in [5.74, 6) is -0.694. The smallest absolute Gasteiger partial charge is 0.326 e. The average Bonchev–Trinajstić information content (AvgIpc) is 2.80. The SMILES string of the molecule is CCC1CCNC(C(=O)N2C[C@H](O)C[C@H]2C(=O)O)C1. The van der Waals surface area contributed by atoms with Crippen molar-refractivity contribution in [1.29, 1.82) is 0 Å². The summed E-state index contributed by atoms with van der Waals surface area (Å²) < 4.78 is 0. The maximum absolute atomic E-state index is 12.4. The van der Waals surface area contributed by atoms with E-state index in [-0.39, 0.29) is 24.9 Å². The van der Waals surface area contributed by atoms with Crippen molar-refractivity contribution in [3.63, 3.8) is 0 Å². The number of nitrogens with one attached hydrogen (secondary N) is 1. The standard InChI is InChI=1S/C13H22N2O4/c1-2-8-3-4-14-10(5-8)12(17)15-7-9(16)6-11(15)13(18)19/h8-11,14,16H,2-7H2,1H3,(H,18,19)/t8?,9-,10?,11+/m1/s1. The van der Waals surface area contributed by atoms with E-state index in [0.29, 0.717) is 5.92 Å². The highest BCUT2D eigenvalue weighted by Gasteiger charge is 2.41.